The van der Waals surface area contributed by atoms with Gasteiger partial charge >= 0.3 is 6.36 Å². The van der Waals surface area contributed by atoms with Gasteiger partial charge in [0.25, 0.3) is 0 Å². The first-order valence-corrected chi connectivity index (χ1v) is 5.54. The van der Waals surface area contributed by atoms with Crippen LogP contribution in [0.3, 0.4) is 0 Å². The lowest BCUT2D eigenvalue weighted by Gasteiger charge is -2.11. The van der Waals surface area contributed by atoms with Crippen molar-refractivity contribution in [3.05, 3.63) is 41.0 Å². The first-order valence-electron chi connectivity index (χ1n) is 5.16. The number of nitrogen functional groups attached to an aromatic ring is 1. The van der Waals surface area contributed by atoms with E-state index in [9.17, 15) is 13.2 Å². The summed E-state index contributed by atoms with van der Waals surface area (Å²) < 4.78 is 41.8. The normalized spacial score (nSPS) is 11.6. The molecule has 0 aliphatic heterocycles. The summed E-state index contributed by atoms with van der Waals surface area (Å²) in [5.41, 5.74) is 6.00. The monoisotopic (exact) mass is 291 g/mol. The Kier molecular flexibility index (Phi) is 3.57. The largest absolute Gasteiger partial charge is 0.573 e. The third kappa shape index (κ3) is 3.78. The van der Waals surface area contributed by atoms with Gasteiger partial charge in [0, 0.05) is 6.20 Å². The lowest BCUT2D eigenvalue weighted by molar-refractivity contribution is -0.274. The molecule has 0 atom stereocenters. The Morgan fingerprint density at radius 3 is 2.63 bits per heavy atom. The fourth-order valence-electron chi connectivity index (χ4n) is 1.50. The number of anilines is 1. The van der Waals surface area contributed by atoms with Crippen molar-refractivity contribution in [3.8, 4) is 5.75 Å². The smallest absolute Gasteiger partial charge is 0.404 e. The van der Waals surface area contributed by atoms with Gasteiger partial charge in [-0.2, -0.15) is 5.10 Å². The second-order valence-corrected chi connectivity index (χ2v) is 4.16. The van der Waals surface area contributed by atoms with Crippen LogP contribution < -0.4 is 10.5 Å². The van der Waals surface area contributed by atoms with Crippen LogP contribution in [0.4, 0.5) is 19.0 Å². The molecule has 2 aromatic rings. The van der Waals surface area contributed by atoms with E-state index in [0.29, 0.717) is 11.4 Å². The first-order chi connectivity index (χ1) is 8.83. The molecule has 8 heteroatoms. The number of hydrogen-bond donors (Lipinski definition) is 1. The van der Waals surface area contributed by atoms with Crippen LogP contribution in [-0.4, -0.2) is 16.1 Å². The van der Waals surface area contributed by atoms with Crippen LogP contribution in [0.2, 0.25) is 5.02 Å². The van der Waals surface area contributed by atoms with Crippen LogP contribution in [-0.2, 0) is 6.54 Å². The van der Waals surface area contributed by atoms with Gasteiger partial charge in [-0.1, -0.05) is 17.7 Å². The molecule has 4 nitrogen and oxygen atoms in total. The molecule has 0 aliphatic carbocycles. The zero-order valence-electron chi connectivity index (χ0n) is 9.49. The van der Waals surface area contributed by atoms with E-state index in [1.807, 2.05) is 0 Å². The molecule has 0 spiro atoms. The molecule has 19 heavy (non-hydrogen) atoms. The predicted molar refractivity (Wildman–Crippen MR) is 63.9 cm³/mol. The van der Waals surface area contributed by atoms with Crippen LogP contribution in [0.1, 0.15) is 5.56 Å². The van der Waals surface area contributed by atoms with Crippen LogP contribution in [0.5, 0.6) is 5.75 Å². The summed E-state index contributed by atoms with van der Waals surface area (Å²) in [6.07, 6.45) is -3.16. The van der Waals surface area contributed by atoms with Gasteiger partial charge in [0.2, 0.25) is 0 Å². The average Bonchev–Trinajstić information content (AvgIpc) is 2.67. The Labute approximate surface area is 111 Å². The topological polar surface area (TPSA) is 53.1 Å². The van der Waals surface area contributed by atoms with Crippen LogP contribution in [0.25, 0.3) is 0 Å². The molecular weight excluding hydrogens is 283 g/mol. The highest BCUT2D eigenvalue weighted by molar-refractivity contribution is 6.32. The molecule has 0 unspecified atom stereocenters. The lowest BCUT2D eigenvalue weighted by Crippen LogP contribution is -2.17. The maximum absolute atomic E-state index is 12.2. The number of alkyl halides is 3. The molecule has 2 N–H and O–H groups in total. The van der Waals surface area contributed by atoms with E-state index in [2.05, 4.69) is 9.84 Å². The number of aromatic nitrogens is 2. The quantitative estimate of drug-likeness (QED) is 0.945. The fourth-order valence-corrected chi connectivity index (χ4v) is 1.66. The highest BCUT2D eigenvalue weighted by atomic mass is 35.5. The highest BCUT2D eigenvalue weighted by Gasteiger charge is 2.32. The van der Waals surface area contributed by atoms with Gasteiger partial charge in [-0.15, -0.1) is 13.2 Å². The minimum atomic E-state index is -4.78. The molecule has 1 aromatic carbocycles. The summed E-state index contributed by atoms with van der Waals surface area (Å²) >= 11 is 5.64. The molecule has 0 saturated heterocycles. The lowest BCUT2D eigenvalue weighted by atomic mass is 10.2. The molecule has 1 aromatic heterocycles. The van der Waals surface area contributed by atoms with Crippen molar-refractivity contribution in [2.75, 3.05) is 5.73 Å². The van der Waals surface area contributed by atoms with Gasteiger partial charge in [-0.3, -0.25) is 4.68 Å². The average molecular weight is 292 g/mol. The molecule has 0 amide bonds. The van der Waals surface area contributed by atoms with Gasteiger partial charge in [0.15, 0.2) is 0 Å². The summed E-state index contributed by atoms with van der Waals surface area (Å²) in [7, 11) is 0. The maximum atomic E-state index is 12.2. The minimum absolute atomic E-state index is 0.110. The van der Waals surface area contributed by atoms with E-state index in [1.54, 1.807) is 18.3 Å². The summed E-state index contributed by atoms with van der Waals surface area (Å²) in [4.78, 5) is 0. The van der Waals surface area contributed by atoms with Gasteiger partial charge in [-0.05, 0) is 23.8 Å². The Morgan fingerprint density at radius 2 is 2.05 bits per heavy atom. The Bertz CT molecular complexity index is 583. The third-order valence-electron chi connectivity index (χ3n) is 2.23. The number of nitrogens with two attached hydrogens (primary N) is 1. The van der Waals surface area contributed by atoms with Crippen LogP contribution >= 0.6 is 11.6 Å². The van der Waals surface area contributed by atoms with E-state index in [0.717, 1.165) is 0 Å². The highest BCUT2D eigenvalue weighted by Crippen LogP contribution is 2.31. The second-order valence-electron chi connectivity index (χ2n) is 3.75. The summed E-state index contributed by atoms with van der Waals surface area (Å²) in [6.45, 7) is 0.266. The first kappa shape index (κ1) is 13.5. The number of benzene rings is 1. The number of halogens is 4. The van der Waals surface area contributed by atoms with Gasteiger partial charge in [-0.25, -0.2) is 0 Å². The summed E-state index contributed by atoms with van der Waals surface area (Å²) in [6, 6.07) is 5.73. The van der Waals surface area contributed by atoms with Crippen LogP contribution in [0, 0.1) is 0 Å². The second kappa shape index (κ2) is 5.00. The Hall–Kier alpha value is -1.89. The minimum Gasteiger partial charge on any atom is -0.404 e. The summed E-state index contributed by atoms with van der Waals surface area (Å²) in [5.74, 6) is -0.104. The molecular formula is C11H9ClF3N3O. The van der Waals surface area contributed by atoms with Gasteiger partial charge in [0.1, 0.15) is 11.6 Å². The molecule has 102 valence electrons. The van der Waals surface area contributed by atoms with Crippen molar-refractivity contribution in [1.29, 1.82) is 0 Å². The molecule has 0 aliphatic rings. The van der Waals surface area contributed by atoms with Crippen molar-refractivity contribution in [2.24, 2.45) is 0 Å². The van der Waals surface area contributed by atoms with Gasteiger partial charge < -0.3 is 10.5 Å². The van der Waals surface area contributed by atoms with E-state index in [1.165, 1.54) is 16.8 Å². The summed E-state index contributed by atoms with van der Waals surface area (Å²) in [5, 5.41) is 3.82. The molecule has 1 heterocycles. The number of ether oxygens (including phenoxy) is 1. The molecule has 0 radical (unpaired) electrons. The van der Waals surface area contributed by atoms with E-state index >= 15 is 0 Å². The number of rotatable bonds is 3. The molecule has 0 fully saturated rings. The van der Waals surface area contributed by atoms with Crippen molar-refractivity contribution in [1.82, 2.24) is 9.78 Å². The predicted octanol–water partition coefficient (Wildman–Crippen LogP) is 3.07. The Balaban J connectivity index is 2.21. The molecule has 2 rings (SSSR count). The van der Waals surface area contributed by atoms with E-state index < -0.39 is 12.1 Å². The number of nitrogens with zero attached hydrogens (tertiary/aromatic N) is 2. The molecule has 0 bridgehead atoms. The maximum Gasteiger partial charge on any atom is 0.573 e. The Morgan fingerprint density at radius 1 is 1.32 bits per heavy atom. The van der Waals surface area contributed by atoms with Gasteiger partial charge in [0.05, 0.1) is 11.6 Å². The fraction of sp³-hybridized carbons (Fsp3) is 0.182. The molecule has 0 saturated carbocycles. The standard InChI is InChI=1S/C11H9ClF3N3O/c12-8-2-1-7(5-9(8)19-11(13,14)15)6-18-4-3-10(16)17-18/h1-5H,6H2,(H2,16,17). The van der Waals surface area contributed by atoms with E-state index in [4.69, 9.17) is 17.3 Å². The number of hydrogen-bond acceptors (Lipinski definition) is 3. The van der Waals surface area contributed by atoms with Crippen molar-refractivity contribution in [3.63, 3.8) is 0 Å². The van der Waals surface area contributed by atoms with Crippen molar-refractivity contribution in [2.45, 2.75) is 12.9 Å². The SMILES string of the molecule is Nc1ccn(Cc2ccc(Cl)c(OC(F)(F)F)c2)n1. The zero-order chi connectivity index (χ0) is 14.0. The van der Waals surface area contributed by atoms with E-state index in [-0.39, 0.29) is 11.6 Å². The third-order valence-corrected chi connectivity index (χ3v) is 2.54. The van der Waals surface area contributed by atoms with Crippen molar-refractivity contribution < 1.29 is 17.9 Å². The van der Waals surface area contributed by atoms with Crippen LogP contribution in [0.15, 0.2) is 30.5 Å². The van der Waals surface area contributed by atoms with Crippen molar-refractivity contribution >= 4 is 17.4 Å². The zero-order valence-corrected chi connectivity index (χ0v) is 10.2.